The first-order valence-corrected chi connectivity index (χ1v) is 11.3. The van der Waals surface area contributed by atoms with Crippen LogP contribution in [0, 0.1) is 5.92 Å². The van der Waals surface area contributed by atoms with Crippen molar-refractivity contribution in [1.82, 2.24) is 15.3 Å². The van der Waals surface area contributed by atoms with Crippen LogP contribution in [0.25, 0.3) is 0 Å². The fourth-order valence-electron chi connectivity index (χ4n) is 4.12. The molecule has 4 N–H and O–H groups in total. The molecule has 12 heteroatoms. The molecule has 0 aliphatic heterocycles. The van der Waals surface area contributed by atoms with Crippen LogP contribution in [0.1, 0.15) is 61.7 Å². The third kappa shape index (κ3) is 8.26. The molecule has 2 fully saturated rings. The van der Waals surface area contributed by atoms with Crippen LogP contribution < -0.4 is 16.0 Å². The quantitative estimate of drug-likeness (QED) is 0.302. The number of ether oxygens (including phenoxy) is 1. The molecular formula is C21H31F4N5O3. The van der Waals surface area contributed by atoms with E-state index in [1.807, 2.05) is 0 Å². The van der Waals surface area contributed by atoms with Crippen LogP contribution in [0.4, 0.5) is 29.3 Å². The van der Waals surface area contributed by atoms with Crippen molar-refractivity contribution >= 4 is 17.7 Å². The molecule has 0 aromatic carbocycles. The predicted octanol–water partition coefficient (Wildman–Crippen LogP) is 3.40. The number of rotatable bonds is 10. The number of amides is 1. The van der Waals surface area contributed by atoms with Crippen LogP contribution in [0.15, 0.2) is 6.20 Å². The molecule has 2 saturated carbocycles. The van der Waals surface area contributed by atoms with E-state index in [1.54, 1.807) is 0 Å². The SMILES string of the molecule is O=C(NC1CCC(F)(F)CC1)c1cnc(NCCOC(F)F)nc1NCC1CCC(O)CC1. The van der Waals surface area contributed by atoms with E-state index >= 15 is 0 Å². The van der Waals surface area contributed by atoms with Crippen molar-refractivity contribution < 1.29 is 32.2 Å². The summed E-state index contributed by atoms with van der Waals surface area (Å²) in [5.74, 6) is -2.43. The second-order valence-electron chi connectivity index (χ2n) is 8.67. The number of nitrogens with one attached hydrogen (secondary N) is 3. The maximum Gasteiger partial charge on any atom is 0.345 e. The van der Waals surface area contributed by atoms with Crippen molar-refractivity contribution in [1.29, 1.82) is 0 Å². The molecule has 0 unspecified atom stereocenters. The Morgan fingerprint density at radius 1 is 1.15 bits per heavy atom. The van der Waals surface area contributed by atoms with Gasteiger partial charge in [-0.2, -0.15) is 13.8 Å². The van der Waals surface area contributed by atoms with Gasteiger partial charge in [-0.1, -0.05) is 0 Å². The molecule has 0 spiro atoms. The molecule has 1 aromatic heterocycles. The van der Waals surface area contributed by atoms with Gasteiger partial charge >= 0.3 is 6.61 Å². The van der Waals surface area contributed by atoms with Gasteiger partial charge in [-0.05, 0) is 44.4 Å². The van der Waals surface area contributed by atoms with Crippen molar-refractivity contribution in [3.63, 3.8) is 0 Å². The zero-order chi connectivity index (χ0) is 23.8. The lowest BCUT2D eigenvalue weighted by molar-refractivity contribution is -0.125. The maximum absolute atomic E-state index is 13.4. The van der Waals surface area contributed by atoms with E-state index in [-0.39, 0.29) is 68.3 Å². The van der Waals surface area contributed by atoms with Crippen LogP contribution >= 0.6 is 0 Å². The standard InChI is InChI=1S/C21H31F4N5O3/c22-19(23)33-10-9-26-20-28-12-16(18(32)29-14-5-7-21(24,25)8-6-14)17(30-20)27-11-13-1-3-15(31)4-2-13/h12-15,19,31H,1-11H2,(H,29,32)(H2,26,27,28,30). The van der Waals surface area contributed by atoms with Gasteiger partial charge in [-0.3, -0.25) is 4.79 Å². The number of carbonyl (C=O) groups is 1. The summed E-state index contributed by atoms with van der Waals surface area (Å²) < 4.78 is 55.2. The molecule has 0 radical (unpaired) electrons. The lowest BCUT2D eigenvalue weighted by atomic mass is 9.87. The first kappa shape index (κ1) is 25.4. The van der Waals surface area contributed by atoms with Crippen LogP contribution in [0.5, 0.6) is 0 Å². The van der Waals surface area contributed by atoms with Gasteiger partial charge in [0.05, 0.1) is 12.7 Å². The highest BCUT2D eigenvalue weighted by atomic mass is 19.3. The molecule has 186 valence electrons. The Balaban J connectivity index is 1.64. The van der Waals surface area contributed by atoms with Gasteiger partial charge in [0.2, 0.25) is 11.9 Å². The van der Waals surface area contributed by atoms with Crippen LogP contribution in [0.3, 0.4) is 0 Å². The largest absolute Gasteiger partial charge is 0.393 e. The maximum atomic E-state index is 13.4. The van der Waals surface area contributed by atoms with Crippen molar-refractivity contribution in [2.75, 3.05) is 30.3 Å². The Morgan fingerprint density at radius 3 is 2.52 bits per heavy atom. The number of carbonyl (C=O) groups excluding carboxylic acids is 1. The minimum Gasteiger partial charge on any atom is -0.393 e. The Morgan fingerprint density at radius 2 is 1.85 bits per heavy atom. The third-order valence-corrected chi connectivity index (χ3v) is 6.09. The molecule has 3 rings (SSSR count). The number of nitrogens with zero attached hydrogens (tertiary/aromatic N) is 2. The van der Waals surface area contributed by atoms with Crippen LogP contribution in [0.2, 0.25) is 0 Å². The first-order chi connectivity index (χ1) is 15.7. The van der Waals surface area contributed by atoms with Crippen molar-refractivity contribution in [3.8, 4) is 0 Å². The Hall–Kier alpha value is -2.21. The second-order valence-corrected chi connectivity index (χ2v) is 8.67. The molecule has 2 aliphatic rings. The number of halogens is 4. The van der Waals surface area contributed by atoms with Crippen LogP contribution in [-0.2, 0) is 4.74 Å². The summed E-state index contributed by atoms with van der Waals surface area (Å²) in [5.41, 5.74) is 0.178. The van der Waals surface area contributed by atoms with Gasteiger partial charge in [-0.25, -0.2) is 13.8 Å². The van der Waals surface area contributed by atoms with Gasteiger partial charge in [0.25, 0.3) is 5.91 Å². The van der Waals surface area contributed by atoms with Crippen LogP contribution in [-0.4, -0.2) is 65.4 Å². The molecule has 1 aromatic rings. The summed E-state index contributed by atoms with van der Waals surface area (Å²) in [6, 6.07) is -0.353. The summed E-state index contributed by atoms with van der Waals surface area (Å²) in [6.07, 6.45) is 4.00. The monoisotopic (exact) mass is 477 g/mol. The van der Waals surface area contributed by atoms with E-state index < -0.39 is 18.4 Å². The van der Waals surface area contributed by atoms with E-state index in [1.165, 1.54) is 6.20 Å². The van der Waals surface area contributed by atoms with Crippen molar-refractivity contribution in [3.05, 3.63) is 11.8 Å². The number of hydrogen-bond acceptors (Lipinski definition) is 7. The third-order valence-electron chi connectivity index (χ3n) is 6.09. The summed E-state index contributed by atoms with van der Waals surface area (Å²) in [7, 11) is 0. The lowest BCUT2D eigenvalue weighted by Gasteiger charge is -2.29. The topological polar surface area (TPSA) is 108 Å². The Kier molecular flexibility index (Phi) is 9.07. The zero-order valence-corrected chi connectivity index (χ0v) is 18.3. The van der Waals surface area contributed by atoms with Crippen molar-refractivity contribution in [2.45, 2.75) is 76.0 Å². The highest BCUT2D eigenvalue weighted by molar-refractivity contribution is 5.98. The minimum atomic E-state index is -2.87. The molecule has 33 heavy (non-hydrogen) atoms. The molecule has 1 amide bonds. The van der Waals surface area contributed by atoms with Gasteiger partial charge in [-0.15, -0.1) is 0 Å². The molecule has 1 heterocycles. The fourth-order valence-corrected chi connectivity index (χ4v) is 4.12. The van der Waals surface area contributed by atoms with E-state index in [9.17, 15) is 27.5 Å². The molecule has 0 atom stereocenters. The molecular weight excluding hydrogens is 446 g/mol. The lowest BCUT2D eigenvalue weighted by Crippen LogP contribution is -2.40. The zero-order valence-electron chi connectivity index (χ0n) is 18.3. The summed E-state index contributed by atoms with van der Waals surface area (Å²) in [5, 5.41) is 18.4. The second kappa shape index (κ2) is 11.8. The summed E-state index contributed by atoms with van der Waals surface area (Å²) in [4.78, 5) is 21.3. The molecule has 0 saturated heterocycles. The highest BCUT2D eigenvalue weighted by Gasteiger charge is 2.35. The summed E-state index contributed by atoms with van der Waals surface area (Å²) >= 11 is 0. The normalized spacial score (nSPS) is 23.3. The highest BCUT2D eigenvalue weighted by Crippen LogP contribution is 2.33. The molecule has 8 nitrogen and oxygen atoms in total. The molecule has 0 bridgehead atoms. The smallest absolute Gasteiger partial charge is 0.345 e. The van der Waals surface area contributed by atoms with E-state index in [2.05, 4.69) is 30.7 Å². The average Bonchev–Trinajstić information content (AvgIpc) is 2.77. The van der Waals surface area contributed by atoms with Gasteiger partial charge in [0.15, 0.2) is 0 Å². The average molecular weight is 478 g/mol. The Bertz CT molecular complexity index is 768. The fraction of sp³-hybridized carbons (Fsp3) is 0.762. The number of anilines is 2. The van der Waals surface area contributed by atoms with Gasteiger partial charge in [0.1, 0.15) is 11.4 Å². The molecule has 2 aliphatic carbocycles. The number of aromatic nitrogens is 2. The van der Waals surface area contributed by atoms with Gasteiger partial charge < -0.3 is 25.8 Å². The van der Waals surface area contributed by atoms with E-state index in [0.29, 0.717) is 25.3 Å². The first-order valence-electron chi connectivity index (χ1n) is 11.3. The summed E-state index contributed by atoms with van der Waals surface area (Å²) in [6.45, 7) is -2.53. The Labute approximate surface area is 189 Å². The number of alkyl halides is 4. The predicted molar refractivity (Wildman–Crippen MR) is 114 cm³/mol. The van der Waals surface area contributed by atoms with Gasteiger partial charge in [0, 0.05) is 38.2 Å². The minimum absolute atomic E-state index is 0.0477. The van der Waals surface area contributed by atoms with E-state index in [4.69, 9.17) is 0 Å². The number of aliphatic hydroxyl groups is 1. The van der Waals surface area contributed by atoms with E-state index in [0.717, 1.165) is 12.8 Å². The van der Waals surface area contributed by atoms with Crippen molar-refractivity contribution in [2.24, 2.45) is 5.92 Å². The number of hydrogen-bond donors (Lipinski definition) is 4. The number of aliphatic hydroxyl groups excluding tert-OH is 1.